The minimum absolute atomic E-state index is 0.372. The summed E-state index contributed by atoms with van der Waals surface area (Å²) >= 11 is 0. The lowest BCUT2D eigenvalue weighted by molar-refractivity contribution is 0.0150. The second kappa shape index (κ2) is 9.13. The lowest BCUT2D eigenvalue weighted by atomic mass is 10.2. The largest absolute Gasteiger partial charge is 0.389 e. The van der Waals surface area contributed by atoms with Crippen LogP contribution in [0.15, 0.2) is 24.3 Å². The zero-order valence-corrected chi connectivity index (χ0v) is 14.0. The van der Waals surface area contributed by atoms with Gasteiger partial charge in [0.1, 0.15) is 0 Å². The summed E-state index contributed by atoms with van der Waals surface area (Å²) in [6.45, 7) is 10.2. The molecule has 1 heterocycles. The molecular weight excluding hydrogens is 276 g/mol. The van der Waals surface area contributed by atoms with Crippen LogP contribution in [0.3, 0.4) is 0 Å². The number of anilines is 1. The second-order valence-electron chi connectivity index (χ2n) is 6.21. The van der Waals surface area contributed by atoms with Gasteiger partial charge in [0, 0.05) is 45.0 Å². The van der Waals surface area contributed by atoms with E-state index in [4.69, 9.17) is 4.74 Å². The van der Waals surface area contributed by atoms with E-state index in [2.05, 4.69) is 47.9 Å². The van der Waals surface area contributed by atoms with Crippen molar-refractivity contribution in [1.29, 1.82) is 0 Å². The summed E-state index contributed by atoms with van der Waals surface area (Å²) in [7, 11) is 0. The Morgan fingerprint density at radius 2 is 1.82 bits per heavy atom. The summed E-state index contributed by atoms with van der Waals surface area (Å²) < 4.78 is 5.49. The standard InChI is InChI=1S/C18H30N2O2/c1-3-4-13-22-15-18(21)14-19-9-11-20(12-10-19)17-7-5-16(2)6-8-17/h5-8,18,21H,3-4,9-15H2,1-2H3/t18-/m1/s1. The number of aliphatic hydroxyl groups excluding tert-OH is 1. The monoisotopic (exact) mass is 306 g/mol. The Morgan fingerprint density at radius 1 is 1.14 bits per heavy atom. The quantitative estimate of drug-likeness (QED) is 0.748. The van der Waals surface area contributed by atoms with Gasteiger partial charge in [-0.3, -0.25) is 4.90 Å². The molecule has 124 valence electrons. The summed E-state index contributed by atoms with van der Waals surface area (Å²) in [6.07, 6.45) is 1.83. The zero-order valence-electron chi connectivity index (χ0n) is 14.0. The van der Waals surface area contributed by atoms with Crippen LogP contribution in [0.25, 0.3) is 0 Å². The van der Waals surface area contributed by atoms with E-state index >= 15 is 0 Å². The molecule has 22 heavy (non-hydrogen) atoms. The molecule has 0 saturated carbocycles. The molecule has 0 radical (unpaired) electrons. The van der Waals surface area contributed by atoms with E-state index in [0.29, 0.717) is 13.2 Å². The van der Waals surface area contributed by atoms with Crippen LogP contribution in [0.2, 0.25) is 0 Å². The van der Waals surface area contributed by atoms with Crippen LogP contribution in [-0.4, -0.2) is 62.0 Å². The average Bonchev–Trinajstić information content (AvgIpc) is 2.53. The first kappa shape index (κ1) is 17.3. The molecule has 0 aromatic heterocycles. The Hall–Kier alpha value is -1.10. The highest BCUT2D eigenvalue weighted by Crippen LogP contribution is 2.17. The maximum absolute atomic E-state index is 10.0. The fraction of sp³-hybridized carbons (Fsp3) is 0.667. The van der Waals surface area contributed by atoms with Crippen molar-refractivity contribution in [2.75, 3.05) is 50.8 Å². The van der Waals surface area contributed by atoms with Crippen molar-refractivity contribution in [3.63, 3.8) is 0 Å². The minimum Gasteiger partial charge on any atom is -0.389 e. The molecule has 1 fully saturated rings. The average molecular weight is 306 g/mol. The number of β-amino-alcohol motifs (C(OH)–C–C–N with tert-alkyl or cyclic N) is 1. The molecule has 0 spiro atoms. The van der Waals surface area contributed by atoms with E-state index in [1.807, 2.05) is 0 Å². The van der Waals surface area contributed by atoms with Gasteiger partial charge in [0.25, 0.3) is 0 Å². The number of aliphatic hydroxyl groups is 1. The molecule has 4 heteroatoms. The lowest BCUT2D eigenvalue weighted by Crippen LogP contribution is -2.49. The van der Waals surface area contributed by atoms with Crippen LogP contribution in [0.1, 0.15) is 25.3 Å². The fourth-order valence-electron chi connectivity index (χ4n) is 2.76. The van der Waals surface area contributed by atoms with Gasteiger partial charge in [0.15, 0.2) is 0 Å². The van der Waals surface area contributed by atoms with Crippen molar-refractivity contribution < 1.29 is 9.84 Å². The number of hydrogen-bond acceptors (Lipinski definition) is 4. The van der Waals surface area contributed by atoms with E-state index in [1.165, 1.54) is 11.3 Å². The Kier molecular flexibility index (Phi) is 7.16. The molecule has 1 aliphatic heterocycles. The van der Waals surface area contributed by atoms with Gasteiger partial charge in [-0.05, 0) is 25.5 Å². The Labute approximate surface area is 134 Å². The van der Waals surface area contributed by atoms with Gasteiger partial charge in [-0.2, -0.15) is 0 Å². The number of ether oxygens (including phenoxy) is 1. The first-order valence-electron chi connectivity index (χ1n) is 8.49. The molecule has 0 aliphatic carbocycles. The van der Waals surface area contributed by atoms with Gasteiger partial charge in [-0.15, -0.1) is 0 Å². The molecular formula is C18H30N2O2. The topological polar surface area (TPSA) is 35.9 Å². The fourth-order valence-corrected chi connectivity index (χ4v) is 2.76. The molecule has 1 aliphatic rings. The van der Waals surface area contributed by atoms with Crippen molar-refractivity contribution in [2.45, 2.75) is 32.8 Å². The van der Waals surface area contributed by atoms with Crippen LogP contribution in [0.5, 0.6) is 0 Å². The van der Waals surface area contributed by atoms with Gasteiger partial charge < -0.3 is 14.7 Å². The third-order valence-electron chi connectivity index (χ3n) is 4.19. The number of hydrogen-bond donors (Lipinski definition) is 1. The van der Waals surface area contributed by atoms with Crippen LogP contribution in [-0.2, 0) is 4.74 Å². The highest BCUT2D eigenvalue weighted by Gasteiger charge is 2.19. The number of nitrogens with zero attached hydrogens (tertiary/aromatic N) is 2. The predicted molar refractivity (Wildman–Crippen MR) is 91.6 cm³/mol. The van der Waals surface area contributed by atoms with Crippen LogP contribution >= 0.6 is 0 Å². The lowest BCUT2D eigenvalue weighted by Gasteiger charge is -2.36. The van der Waals surface area contributed by atoms with E-state index in [-0.39, 0.29) is 6.10 Å². The summed E-state index contributed by atoms with van der Waals surface area (Å²) in [5, 5.41) is 10.0. The first-order chi connectivity index (χ1) is 10.7. The maximum atomic E-state index is 10.0. The third kappa shape index (κ3) is 5.59. The number of piperazine rings is 1. The van der Waals surface area contributed by atoms with E-state index in [1.54, 1.807) is 0 Å². The molecule has 1 atom stereocenters. The third-order valence-corrected chi connectivity index (χ3v) is 4.19. The summed E-state index contributed by atoms with van der Waals surface area (Å²) in [5.41, 5.74) is 2.60. The van der Waals surface area contributed by atoms with Gasteiger partial charge in [0.05, 0.1) is 12.7 Å². The Balaban J connectivity index is 1.67. The molecule has 0 amide bonds. The van der Waals surface area contributed by atoms with Crippen molar-refractivity contribution in [2.24, 2.45) is 0 Å². The van der Waals surface area contributed by atoms with Gasteiger partial charge in [0.2, 0.25) is 0 Å². The Morgan fingerprint density at radius 3 is 2.45 bits per heavy atom. The van der Waals surface area contributed by atoms with Gasteiger partial charge in [-0.1, -0.05) is 31.0 Å². The van der Waals surface area contributed by atoms with Crippen molar-refractivity contribution in [1.82, 2.24) is 4.90 Å². The molecule has 4 nitrogen and oxygen atoms in total. The maximum Gasteiger partial charge on any atom is 0.0900 e. The molecule has 1 aromatic rings. The number of benzene rings is 1. The van der Waals surface area contributed by atoms with E-state index in [9.17, 15) is 5.11 Å². The Bertz CT molecular complexity index is 414. The number of aryl methyl sites for hydroxylation is 1. The van der Waals surface area contributed by atoms with E-state index in [0.717, 1.165) is 45.6 Å². The molecule has 2 rings (SSSR count). The van der Waals surface area contributed by atoms with Crippen molar-refractivity contribution in [3.05, 3.63) is 29.8 Å². The van der Waals surface area contributed by atoms with Crippen LogP contribution in [0, 0.1) is 6.92 Å². The smallest absolute Gasteiger partial charge is 0.0900 e. The number of unbranched alkanes of at least 4 members (excludes halogenated alkanes) is 1. The number of rotatable bonds is 8. The molecule has 0 bridgehead atoms. The molecule has 1 saturated heterocycles. The molecule has 1 N–H and O–H groups in total. The normalized spacial score (nSPS) is 17.7. The zero-order chi connectivity index (χ0) is 15.8. The highest BCUT2D eigenvalue weighted by molar-refractivity contribution is 5.47. The molecule has 1 aromatic carbocycles. The predicted octanol–water partition coefficient (Wildman–Crippen LogP) is 2.29. The van der Waals surface area contributed by atoms with E-state index < -0.39 is 0 Å². The molecule has 0 unspecified atom stereocenters. The van der Waals surface area contributed by atoms with Crippen LogP contribution < -0.4 is 4.90 Å². The SMILES string of the molecule is CCCCOC[C@H](O)CN1CCN(c2ccc(C)cc2)CC1. The minimum atomic E-state index is -0.372. The first-order valence-corrected chi connectivity index (χ1v) is 8.49. The van der Waals surface area contributed by atoms with Gasteiger partial charge >= 0.3 is 0 Å². The van der Waals surface area contributed by atoms with Crippen molar-refractivity contribution in [3.8, 4) is 0 Å². The summed E-state index contributed by atoms with van der Waals surface area (Å²) in [4.78, 5) is 4.75. The van der Waals surface area contributed by atoms with Crippen molar-refractivity contribution >= 4 is 5.69 Å². The summed E-state index contributed by atoms with van der Waals surface area (Å²) in [6, 6.07) is 8.72. The summed E-state index contributed by atoms with van der Waals surface area (Å²) in [5.74, 6) is 0. The second-order valence-corrected chi connectivity index (χ2v) is 6.21. The van der Waals surface area contributed by atoms with Crippen LogP contribution in [0.4, 0.5) is 5.69 Å². The highest BCUT2D eigenvalue weighted by atomic mass is 16.5. The van der Waals surface area contributed by atoms with Gasteiger partial charge in [-0.25, -0.2) is 0 Å².